The van der Waals surface area contributed by atoms with E-state index in [9.17, 15) is 0 Å². The number of halogens is 1. The van der Waals surface area contributed by atoms with Gasteiger partial charge < -0.3 is 0 Å². The highest BCUT2D eigenvalue weighted by atomic mass is 79.9. The molecule has 0 aromatic heterocycles. The Hall–Kier alpha value is -0.990. The second-order valence-corrected chi connectivity index (χ2v) is 3.39. The molecule has 0 heterocycles. The van der Waals surface area contributed by atoms with Gasteiger partial charge in [0.25, 0.3) is 0 Å². The van der Waals surface area contributed by atoms with Crippen LogP contribution in [0.4, 0.5) is 0 Å². The van der Waals surface area contributed by atoms with E-state index in [1.54, 1.807) is 0 Å². The van der Waals surface area contributed by atoms with Gasteiger partial charge >= 0.3 is 0 Å². The lowest BCUT2D eigenvalue weighted by atomic mass is 10.2. The Kier molecular flexibility index (Phi) is 3.64. The Bertz CT molecular complexity index is 280. The summed E-state index contributed by atoms with van der Waals surface area (Å²) in [6.45, 7) is 0. The lowest BCUT2D eigenvalue weighted by Gasteiger charge is -2.01. The monoisotopic (exact) mass is 225 g/mol. The van der Waals surface area contributed by atoms with Crippen LogP contribution in [0.25, 0.3) is 10.4 Å². The zero-order valence-electron chi connectivity index (χ0n) is 6.39. The summed E-state index contributed by atoms with van der Waals surface area (Å²) in [5.41, 5.74) is 9.30. The molecule has 1 aromatic carbocycles. The predicted molar refractivity (Wildman–Crippen MR) is 52.0 cm³/mol. The first-order chi connectivity index (χ1) is 5.83. The third-order valence-corrected chi connectivity index (χ3v) is 1.93. The average Bonchev–Trinajstić information content (AvgIpc) is 2.06. The van der Waals surface area contributed by atoms with E-state index < -0.39 is 0 Å². The smallest absolute Gasteiger partial charge is 0.0826 e. The highest BCUT2D eigenvalue weighted by Gasteiger charge is 2.00. The number of nitrogens with zero attached hydrogens (tertiary/aromatic N) is 3. The molecule has 12 heavy (non-hydrogen) atoms. The van der Waals surface area contributed by atoms with E-state index in [0.717, 1.165) is 12.0 Å². The van der Waals surface area contributed by atoms with Gasteiger partial charge in [0, 0.05) is 4.91 Å². The van der Waals surface area contributed by atoms with Crippen molar-refractivity contribution in [2.45, 2.75) is 11.4 Å². The van der Waals surface area contributed by atoms with Crippen molar-refractivity contribution in [3.8, 4) is 0 Å². The topological polar surface area (TPSA) is 48.8 Å². The van der Waals surface area contributed by atoms with Crippen LogP contribution in [-0.4, -0.2) is 4.95 Å². The molecule has 1 rings (SSSR count). The van der Waals surface area contributed by atoms with E-state index in [1.165, 1.54) is 0 Å². The molecule has 0 amide bonds. The van der Waals surface area contributed by atoms with Crippen LogP contribution < -0.4 is 0 Å². The SMILES string of the molecule is [N-]=[N+]=NC(Br)Cc1ccccc1. The molecule has 1 atom stereocenters. The summed E-state index contributed by atoms with van der Waals surface area (Å²) in [5, 5.41) is 3.52. The minimum absolute atomic E-state index is 0.148. The van der Waals surface area contributed by atoms with E-state index in [2.05, 4.69) is 26.0 Å². The molecule has 3 nitrogen and oxygen atoms in total. The molecular formula is C8H8BrN3. The molecule has 4 heteroatoms. The fourth-order valence-corrected chi connectivity index (χ4v) is 1.36. The molecule has 0 saturated carbocycles. The van der Waals surface area contributed by atoms with E-state index in [4.69, 9.17) is 5.53 Å². The summed E-state index contributed by atoms with van der Waals surface area (Å²) in [6, 6.07) is 9.89. The van der Waals surface area contributed by atoms with Crippen LogP contribution in [0.5, 0.6) is 0 Å². The van der Waals surface area contributed by atoms with Gasteiger partial charge in [0.1, 0.15) is 0 Å². The van der Waals surface area contributed by atoms with Crippen molar-refractivity contribution in [3.63, 3.8) is 0 Å². The zero-order chi connectivity index (χ0) is 8.81. The Balaban J connectivity index is 2.58. The fraction of sp³-hybridized carbons (Fsp3) is 0.250. The van der Waals surface area contributed by atoms with Crippen molar-refractivity contribution in [2.75, 3.05) is 0 Å². The van der Waals surface area contributed by atoms with Crippen LogP contribution in [-0.2, 0) is 6.42 Å². The summed E-state index contributed by atoms with van der Waals surface area (Å²) in [6.07, 6.45) is 0.727. The Labute approximate surface area is 79.2 Å². The summed E-state index contributed by atoms with van der Waals surface area (Å²) >= 11 is 3.25. The van der Waals surface area contributed by atoms with Gasteiger partial charge in [-0.3, -0.25) is 0 Å². The summed E-state index contributed by atoms with van der Waals surface area (Å²) in [5.74, 6) is 0. The van der Waals surface area contributed by atoms with Gasteiger partial charge in [0.2, 0.25) is 0 Å². The van der Waals surface area contributed by atoms with Crippen molar-refractivity contribution in [2.24, 2.45) is 5.11 Å². The van der Waals surface area contributed by atoms with E-state index in [-0.39, 0.29) is 4.95 Å². The minimum atomic E-state index is -0.148. The number of benzene rings is 1. The lowest BCUT2D eigenvalue weighted by Crippen LogP contribution is -1.96. The number of hydrogen-bond acceptors (Lipinski definition) is 1. The van der Waals surface area contributed by atoms with Gasteiger partial charge in [0.15, 0.2) is 0 Å². The van der Waals surface area contributed by atoms with Crippen molar-refractivity contribution in [1.29, 1.82) is 0 Å². The van der Waals surface area contributed by atoms with Crippen LogP contribution >= 0.6 is 15.9 Å². The first kappa shape index (κ1) is 9.10. The lowest BCUT2D eigenvalue weighted by molar-refractivity contribution is 0.907. The van der Waals surface area contributed by atoms with Crippen molar-refractivity contribution in [1.82, 2.24) is 0 Å². The molecule has 0 saturated heterocycles. The van der Waals surface area contributed by atoms with Gasteiger partial charge in [-0.2, -0.15) is 0 Å². The van der Waals surface area contributed by atoms with Crippen LogP contribution in [0.3, 0.4) is 0 Å². The first-order valence-corrected chi connectivity index (χ1v) is 4.46. The van der Waals surface area contributed by atoms with Crippen LogP contribution in [0.2, 0.25) is 0 Å². The number of rotatable bonds is 3. The first-order valence-electron chi connectivity index (χ1n) is 3.55. The maximum Gasteiger partial charge on any atom is 0.0971 e. The summed E-state index contributed by atoms with van der Waals surface area (Å²) < 4.78 is 0. The summed E-state index contributed by atoms with van der Waals surface area (Å²) in [4.78, 5) is 2.56. The Morgan fingerprint density at radius 3 is 2.67 bits per heavy atom. The number of azide groups is 1. The highest BCUT2D eigenvalue weighted by Crippen LogP contribution is 2.10. The highest BCUT2D eigenvalue weighted by molar-refractivity contribution is 9.09. The van der Waals surface area contributed by atoms with Crippen LogP contribution in [0, 0.1) is 0 Å². The van der Waals surface area contributed by atoms with Crippen molar-refractivity contribution < 1.29 is 0 Å². The standard InChI is InChI=1S/C8H8BrN3/c9-8(11-12-10)6-7-4-2-1-3-5-7/h1-5,8H,6H2. The maximum absolute atomic E-state index is 8.14. The molecule has 0 N–H and O–H groups in total. The van der Waals surface area contributed by atoms with Gasteiger partial charge in [-0.15, -0.1) is 0 Å². The number of alkyl halides is 1. The molecule has 0 spiro atoms. The molecule has 0 aliphatic rings. The second-order valence-electron chi connectivity index (χ2n) is 2.33. The molecule has 62 valence electrons. The van der Waals surface area contributed by atoms with Gasteiger partial charge in [-0.1, -0.05) is 51.4 Å². The second kappa shape index (κ2) is 4.80. The molecular weight excluding hydrogens is 218 g/mol. The molecule has 1 unspecified atom stereocenters. The normalized spacial score (nSPS) is 11.8. The fourth-order valence-electron chi connectivity index (χ4n) is 0.905. The van der Waals surface area contributed by atoms with Gasteiger partial charge in [0.05, 0.1) is 4.95 Å². The Morgan fingerprint density at radius 2 is 2.08 bits per heavy atom. The van der Waals surface area contributed by atoms with Crippen LogP contribution in [0.1, 0.15) is 5.56 Å². The predicted octanol–water partition coefficient (Wildman–Crippen LogP) is 3.26. The van der Waals surface area contributed by atoms with Crippen molar-refractivity contribution in [3.05, 3.63) is 46.3 Å². The van der Waals surface area contributed by atoms with E-state index in [0.29, 0.717) is 0 Å². The molecule has 0 radical (unpaired) electrons. The van der Waals surface area contributed by atoms with E-state index in [1.807, 2.05) is 30.3 Å². The van der Waals surface area contributed by atoms with Gasteiger partial charge in [-0.25, -0.2) is 0 Å². The van der Waals surface area contributed by atoms with Gasteiger partial charge in [-0.05, 0) is 17.5 Å². The third-order valence-electron chi connectivity index (χ3n) is 1.42. The molecule has 1 aromatic rings. The van der Waals surface area contributed by atoms with Crippen LogP contribution in [0.15, 0.2) is 35.4 Å². The third kappa shape index (κ3) is 2.95. The average molecular weight is 226 g/mol. The minimum Gasteiger partial charge on any atom is -0.0826 e. The number of hydrogen-bond donors (Lipinski definition) is 0. The Morgan fingerprint density at radius 1 is 1.42 bits per heavy atom. The summed E-state index contributed by atoms with van der Waals surface area (Å²) in [7, 11) is 0. The molecule has 0 aliphatic heterocycles. The quantitative estimate of drug-likeness (QED) is 0.250. The molecule has 0 bridgehead atoms. The zero-order valence-corrected chi connectivity index (χ0v) is 7.98. The largest absolute Gasteiger partial charge is 0.0971 e. The van der Waals surface area contributed by atoms with Crippen molar-refractivity contribution >= 4 is 15.9 Å². The molecule has 0 fully saturated rings. The van der Waals surface area contributed by atoms with E-state index >= 15 is 0 Å². The maximum atomic E-state index is 8.14. The molecule has 0 aliphatic carbocycles.